The van der Waals surface area contributed by atoms with Gasteiger partial charge in [-0.2, -0.15) is 0 Å². The second-order valence-electron chi connectivity index (χ2n) is 4.88. The minimum absolute atomic E-state index is 0.435. The smallest absolute Gasteiger partial charge is 0.0904 e. The minimum Gasteiger partial charge on any atom is -0.330 e. The lowest BCUT2D eigenvalue weighted by molar-refractivity contribution is 0.701. The maximum Gasteiger partial charge on any atom is 0.0904 e. The maximum absolute atomic E-state index is 6.12. The van der Waals surface area contributed by atoms with Gasteiger partial charge in [0, 0.05) is 15.5 Å². The third-order valence-electron chi connectivity index (χ3n) is 3.26. The lowest BCUT2D eigenvalue weighted by Crippen LogP contribution is -2.04. The van der Waals surface area contributed by atoms with Crippen LogP contribution >= 0.6 is 22.9 Å². The molecule has 2 aromatic rings. The summed E-state index contributed by atoms with van der Waals surface area (Å²) in [6.45, 7) is 7.06. The molecule has 2 nitrogen and oxygen atoms in total. The molecule has 0 bridgehead atoms. The molecule has 0 amide bonds. The van der Waals surface area contributed by atoms with Crippen molar-refractivity contribution >= 4 is 22.9 Å². The second kappa shape index (κ2) is 6.04. The highest BCUT2D eigenvalue weighted by molar-refractivity contribution is 7.12. The zero-order valence-electron chi connectivity index (χ0n) is 11.5. The largest absolute Gasteiger partial charge is 0.330 e. The summed E-state index contributed by atoms with van der Waals surface area (Å²) in [7, 11) is 0. The first kappa shape index (κ1) is 14.5. The van der Waals surface area contributed by atoms with Crippen molar-refractivity contribution in [1.29, 1.82) is 0 Å². The third kappa shape index (κ3) is 3.16. The Morgan fingerprint density at radius 3 is 2.79 bits per heavy atom. The monoisotopic (exact) mass is 294 g/mol. The quantitative estimate of drug-likeness (QED) is 0.899. The number of nitrogens with zero attached hydrogens (tertiary/aromatic N) is 1. The van der Waals surface area contributed by atoms with Gasteiger partial charge in [-0.25, -0.2) is 4.98 Å². The first-order chi connectivity index (χ1) is 9.02. The molecule has 0 saturated carbocycles. The molecule has 2 N–H and O–H groups in total. The molecule has 0 saturated heterocycles. The van der Waals surface area contributed by atoms with Gasteiger partial charge in [-0.05, 0) is 50.4 Å². The number of rotatable bonds is 4. The van der Waals surface area contributed by atoms with E-state index in [-0.39, 0.29) is 0 Å². The van der Waals surface area contributed by atoms with Gasteiger partial charge in [0.05, 0.1) is 10.7 Å². The molecule has 0 aliphatic carbocycles. The van der Waals surface area contributed by atoms with Crippen LogP contribution in [0, 0.1) is 13.8 Å². The molecule has 1 heterocycles. The van der Waals surface area contributed by atoms with E-state index in [0.29, 0.717) is 12.5 Å². The van der Waals surface area contributed by atoms with E-state index in [2.05, 4.69) is 13.8 Å². The van der Waals surface area contributed by atoms with Crippen LogP contribution < -0.4 is 5.73 Å². The Balaban J connectivity index is 2.52. The molecule has 0 radical (unpaired) electrons. The van der Waals surface area contributed by atoms with Crippen LogP contribution in [0.1, 0.15) is 34.7 Å². The van der Waals surface area contributed by atoms with E-state index in [4.69, 9.17) is 22.3 Å². The molecule has 0 fully saturated rings. The second-order valence-corrected chi connectivity index (χ2v) is 6.55. The summed E-state index contributed by atoms with van der Waals surface area (Å²) in [5.41, 5.74) is 9.09. The van der Waals surface area contributed by atoms with Crippen molar-refractivity contribution in [3.63, 3.8) is 0 Å². The summed E-state index contributed by atoms with van der Waals surface area (Å²) in [5.74, 6) is 0.435. The minimum atomic E-state index is 0.435. The third-order valence-corrected chi connectivity index (χ3v) is 4.70. The van der Waals surface area contributed by atoms with Gasteiger partial charge in [0.15, 0.2) is 0 Å². The molecular formula is C15H19ClN2S. The molecule has 0 spiro atoms. The fraction of sp³-hybridized carbons (Fsp3) is 0.400. The summed E-state index contributed by atoms with van der Waals surface area (Å²) in [6, 6.07) is 5.97. The fourth-order valence-corrected chi connectivity index (χ4v) is 3.40. The molecular weight excluding hydrogens is 276 g/mol. The van der Waals surface area contributed by atoms with Crippen LogP contribution in [-0.4, -0.2) is 11.5 Å². The number of hydrogen-bond acceptors (Lipinski definition) is 3. The van der Waals surface area contributed by atoms with Crippen LogP contribution in [0.4, 0.5) is 0 Å². The van der Waals surface area contributed by atoms with Gasteiger partial charge in [0.2, 0.25) is 0 Å². The molecule has 2 rings (SSSR count). The summed E-state index contributed by atoms with van der Waals surface area (Å²) in [4.78, 5) is 6.02. The average Bonchev–Trinajstić information content (AvgIpc) is 2.75. The fourth-order valence-electron chi connectivity index (χ4n) is 2.20. The molecule has 1 atom stereocenters. The van der Waals surface area contributed by atoms with Crippen LogP contribution in [0.25, 0.3) is 11.3 Å². The number of aromatic nitrogens is 1. The predicted molar refractivity (Wildman–Crippen MR) is 84.1 cm³/mol. The Hall–Kier alpha value is -0.900. The van der Waals surface area contributed by atoms with E-state index in [1.54, 1.807) is 11.3 Å². The van der Waals surface area contributed by atoms with Gasteiger partial charge in [-0.15, -0.1) is 11.3 Å². The van der Waals surface area contributed by atoms with Gasteiger partial charge in [0.1, 0.15) is 0 Å². The number of nitrogens with two attached hydrogens (primary N) is 1. The number of halogens is 1. The summed E-state index contributed by atoms with van der Waals surface area (Å²) in [5, 5.41) is 1.84. The van der Waals surface area contributed by atoms with Crippen LogP contribution in [0.15, 0.2) is 18.2 Å². The van der Waals surface area contributed by atoms with Crippen LogP contribution in [0.3, 0.4) is 0 Å². The first-order valence-electron chi connectivity index (χ1n) is 6.46. The average molecular weight is 295 g/mol. The molecule has 19 heavy (non-hydrogen) atoms. The summed E-state index contributed by atoms with van der Waals surface area (Å²) < 4.78 is 0. The van der Waals surface area contributed by atoms with E-state index in [0.717, 1.165) is 27.7 Å². The van der Waals surface area contributed by atoms with Crippen molar-refractivity contribution in [1.82, 2.24) is 4.98 Å². The van der Waals surface area contributed by atoms with E-state index in [1.165, 1.54) is 10.4 Å². The predicted octanol–water partition coefficient (Wildman–Crippen LogP) is 4.53. The van der Waals surface area contributed by atoms with Gasteiger partial charge >= 0.3 is 0 Å². The zero-order valence-corrected chi connectivity index (χ0v) is 13.1. The van der Waals surface area contributed by atoms with E-state index in [1.807, 2.05) is 25.1 Å². The van der Waals surface area contributed by atoms with Crippen LogP contribution in [0.2, 0.25) is 5.02 Å². The van der Waals surface area contributed by atoms with Crippen molar-refractivity contribution in [3.8, 4) is 11.3 Å². The maximum atomic E-state index is 6.12. The van der Waals surface area contributed by atoms with Crippen LogP contribution in [0.5, 0.6) is 0 Å². The highest BCUT2D eigenvalue weighted by Gasteiger charge is 2.18. The topological polar surface area (TPSA) is 38.9 Å². The lowest BCUT2D eigenvalue weighted by atomic mass is 9.98. The van der Waals surface area contributed by atoms with Crippen molar-refractivity contribution in [2.24, 2.45) is 5.73 Å². The highest BCUT2D eigenvalue weighted by atomic mass is 35.5. The number of benzene rings is 1. The Kier molecular flexibility index (Phi) is 4.61. The molecule has 1 unspecified atom stereocenters. The van der Waals surface area contributed by atoms with Crippen molar-refractivity contribution in [3.05, 3.63) is 38.7 Å². The molecule has 4 heteroatoms. The molecule has 0 aliphatic rings. The van der Waals surface area contributed by atoms with E-state index in [9.17, 15) is 0 Å². The van der Waals surface area contributed by atoms with E-state index < -0.39 is 0 Å². The van der Waals surface area contributed by atoms with Crippen molar-refractivity contribution in [2.75, 3.05) is 6.54 Å². The van der Waals surface area contributed by atoms with Gasteiger partial charge < -0.3 is 5.73 Å². The number of aryl methyl sites for hydroxylation is 2. The number of hydrogen-bond donors (Lipinski definition) is 1. The van der Waals surface area contributed by atoms with Gasteiger partial charge in [-0.1, -0.05) is 24.6 Å². The van der Waals surface area contributed by atoms with Gasteiger partial charge in [-0.3, -0.25) is 0 Å². The lowest BCUT2D eigenvalue weighted by Gasteiger charge is -2.11. The normalized spacial score (nSPS) is 12.7. The first-order valence-corrected chi connectivity index (χ1v) is 7.66. The molecule has 1 aromatic heterocycles. The summed E-state index contributed by atoms with van der Waals surface area (Å²) >= 11 is 7.88. The molecule has 1 aromatic carbocycles. The zero-order chi connectivity index (χ0) is 14.0. The van der Waals surface area contributed by atoms with E-state index >= 15 is 0 Å². The highest BCUT2D eigenvalue weighted by Crippen LogP contribution is 2.37. The van der Waals surface area contributed by atoms with Crippen LogP contribution in [-0.2, 0) is 0 Å². The Morgan fingerprint density at radius 2 is 2.11 bits per heavy atom. The summed E-state index contributed by atoms with van der Waals surface area (Å²) in [6.07, 6.45) is 0.980. The van der Waals surface area contributed by atoms with Crippen molar-refractivity contribution < 1.29 is 0 Å². The standard InChI is InChI=1S/C15H19ClN2S/c1-9-4-5-12(16)8-13(9)14-15(10(2)6-7-17)19-11(3)18-14/h4-5,8,10H,6-7,17H2,1-3H3. The molecule has 102 valence electrons. The van der Waals surface area contributed by atoms with Gasteiger partial charge in [0.25, 0.3) is 0 Å². The number of thiazole rings is 1. The van der Waals surface area contributed by atoms with Crippen molar-refractivity contribution in [2.45, 2.75) is 33.1 Å². The Labute approximate surface area is 123 Å². The SMILES string of the molecule is Cc1nc(-c2cc(Cl)ccc2C)c(C(C)CCN)s1. The Morgan fingerprint density at radius 1 is 1.37 bits per heavy atom. The molecule has 0 aliphatic heterocycles. The Bertz CT molecular complexity index is 578.